The van der Waals surface area contributed by atoms with Crippen LogP contribution in [0.5, 0.6) is 5.75 Å². The van der Waals surface area contributed by atoms with Gasteiger partial charge in [-0.25, -0.2) is 4.79 Å². The number of alkyl halides is 3. The monoisotopic (exact) mass is 365 g/mol. The highest BCUT2D eigenvalue weighted by Crippen LogP contribution is 2.32. The van der Waals surface area contributed by atoms with E-state index in [-0.39, 0.29) is 18.5 Å². The molecule has 0 aromatic heterocycles. The second-order valence-corrected chi connectivity index (χ2v) is 6.32. The molecule has 0 spiro atoms. The summed E-state index contributed by atoms with van der Waals surface area (Å²) in [6, 6.07) is 4.98. The molecular formula is C16H22F3NO5. The molecule has 3 N–H and O–H groups in total. The van der Waals surface area contributed by atoms with Gasteiger partial charge in [0.05, 0.1) is 6.10 Å². The molecule has 0 aliphatic heterocycles. The number of benzene rings is 1. The molecule has 1 rings (SSSR count). The second kappa shape index (κ2) is 8.39. The van der Waals surface area contributed by atoms with Crippen LogP contribution in [0, 0.1) is 0 Å². The Balaban J connectivity index is 2.62. The molecule has 0 saturated carbocycles. The van der Waals surface area contributed by atoms with E-state index >= 15 is 0 Å². The molecule has 0 fully saturated rings. The largest absolute Gasteiger partial charge is 0.573 e. The maximum Gasteiger partial charge on any atom is 0.573 e. The minimum Gasteiger partial charge on any atom is -0.444 e. The van der Waals surface area contributed by atoms with Crippen LogP contribution in [0.2, 0.25) is 0 Å². The summed E-state index contributed by atoms with van der Waals surface area (Å²) < 4.78 is 46.0. The van der Waals surface area contributed by atoms with Gasteiger partial charge in [-0.3, -0.25) is 0 Å². The number of hydrogen-bond acceptors (Lipinski definition) is 5. The van der Waals surface area contributed by atoms with Crippen molar-refractivity contribution in [2.75, 3.05) is 6.54 Å². The fourth-order valence-electron chi connectivity index (χ4n) is 1.94. The Morgan fingerprint density at radius 2 is 1.80 bits per heavy atom. The van der Waals surface area contributed by atoms with Gasteiger partial charge in [-0.1, -0.05) is 18.2 Å². The number of hydrogen-bond donors (Lipinski definition) is 3. The summed E-state index contributed by atoms with van der Waals surface area (Å²) in [6.07, 6.45) is -8.73. The lowest BCUT2D eigenvalue weighted by atomic mass is 10.0. The van der Waals surface area contributed by atoms with E-state index in [1.54, 1.807) is 20.8 Å². The van der Waals surface area contributed by atoms with Gasteiger partial charge < -0.3 is 25.0 Å². The van der Waals surface area contributed by atoms with E-state index in [0.29, 0.717) is 0 Å². The number of alkyl carbamates (subject to hydrolysis) is 1. The standard InChI is InChI=1S/C16H22F3NO5/c1-15(2,3)25-14(23)20-9-8-11(21)13(22)10-6-4-5-7-12(10)24-16(17,18)19/h4-7,11,13,21-22H,8-9H2,1-3H3,(H,20,23). The number of rotatable bonds is 6. The number of nitrogens with one attached hydrogen (secondary N) is 1. The Hall–Kier alpha value is -2.00. The van der Waals surface area contributed by atoms with Crippen LogP contribution in [-0.2, 0) is 4.74 Å². The smallest absolute Gasteiger partial charge is 0.444 e. The summed E-state index contributed by atoms with van der Waals surface area (Å²) in [4.78, 5) is 11.5. The molecule has 6 nitrogen and oxygen atoms in total. The summed E-state index contributed by atoms with van der Waals surface area (Å²) in [5.41, 5.74) is -0.889. The fourth-order valence-corrected chi connectivity index (χ4v) is 1.94. The first kappa shape index (κ1) is 21.0. The van der Waals surface area contributed by atoms with Crippen molar-refractivity contribution in [3.05, 3.63) is 29.8 Å². The molecule has 9 heteroatoms. The van der Waals surface area contributed by atoms with Gasteiger partial charge in [0, 0.05) is 12.1 Å². The molecule has 1 aromatic rings. The molecule has 2 atom stereocenters. The Morgan fingerprint density at radius 1 is 1.20 bits per heavy atom. The van der Waals surface area contributed by atoms with E-state index < -0.39 is 36.0 Å². The van der Waals surface area contributed by atoms with Gasteiger partial charge in [0.2, 0.25) is 0 Å². The van der Waals surface area contributed by atoms with E-state index in [0.717, 1.165) is 6.07 Å². The van der Waals surface area contributed by atoms with Gasteiger partial charge in [-0.15, -0.1) is 13.2 Å². The number of halogens is 3. The quantitative estimate of drug-likeness (QED) is 0.721. The molecule has 0 aliphatic carbocycles. The van der Waals surface area contributed by atoms with Crippen LogP contribution in [0.1, 0.15) is 38.9 Å². The van der Waals surface area contributed by atoms with Crippen molar-refractivity contribution < 1.29 is 37.7 Å². The zero-order chi connectivity index (χ0) is 19.3. The van der Waals surface area contributed by atoms with E-state index in [1.165, 1.54) is 18.2 Å². The number of carbonyl (C=O) groups excluding carboxylic acids is 1. The fraction of sp³-hybridized carbons (Fsp3) is 0.562. The Bertz CT molecular complexity index is 572. The summed E-state index contributed by atoms with van der Waals surface area (Å²) in [5.74, 6) is -0.596. The van der Waals surface area contributed by atoms with Crippen LogP contribution in [0.25, 0.3) is 0 Å². The van der Waals surface area contributed by atoms with E-state index in [4.69, 9.17) is 4.74 Å². The average Bonchev–Trinajstić information content (AvgIpc) is 2.43. The summed E-state index contributed by atoms with van der Waals surface area (Å²) in [5, 5.41) is 22.4. The normalized spacial score (nSPS) is 14.6. The van der Waals surface area contributed by atoms with Crippen LogP contribution >= 0.6 is 0 Å². The number of carbonyl (C=O) groups is 1. The van der Waals surface area contributed by atoms with Gasteiger partial charge in [-0.05, 0) is 33.3 Å². The van der Waals surface area contributed by atoms with Crippen LogP contribution in [0.3, 0.4) is 0 Å². The van der Waals surface area contributed by atoms with Crippen LogP contribution in [-0.4, -0.2) is 40.9 Å². The highest BCUT2D eigenvalue weighted by Gasteiger charge is 2.33. The zero-order valence-electron chi connectivity index (χ0n) is 14.1. The molecule has 1 aromatic carbocycles. The van der Waals surface area contributed by atoms with Gasteiger partial charge in [0.1, 0.15) is 17.5 Å². The first-order chi connectivity index (χ1) is 11.4. The maximum atomic E-state index is 12.4. The highest BCUT2D eigenvalue weighted by molar-refractivity contribution is 5.67. The molecule has 0 heterocycles. The van der Waals surface area contributed by atoms with Crippen molar-refractivity contribution in [2.24, 2.45) is 0 Å². The van der Waals surface area contributed by atoms with Gasteiger partial charge in [-0.2, -0.15) is 0 Å². The number of ether oxygens (including phenoxy) is 2. The number of aliphatic hydroxyl groups excluding tert-OH is 2. The SMILES string of the molecule is CC(C)(C)OC(=O)NCCC(O)C(O)c1ccccc1OC(F)(F)F. The van der Waals surface area contributed by atoms with Gasteiger partial charge in [0.25, 0.3) is 0 Å². The minimum absolute atomic E-state index is 0.0323. The third kappa shape index (κ3) is 8.08. The second-order valence-electron chi connectivity index (χ2n) is 6.32. The van der Waals surface area contributed by atoms with Crippen molar-refractivity contribution in [1.29, 1.82) is 0 Å². The van der Waals surface area contributed by atoms with E-state index in [2.05, 4.69) is 10.1 Å². The summed E-state index contributed by atoms with van der Waals surface area (Å²) in [6.45, 7) is 5.02. The molecule has 1 amide bonds. The predicted molar refractivity (Wildman–Crippen MR) is 82.9 cm³/mol. The summed E-state index contributed by atoms with van der Waals surface area (Å²) >= 11 is 0. The van der Waals surface area contributed by atoms with Crippen LogP contribution in [0.15, 0.2) is 24.3 Å². The molecular weight excluding hydrogens is 343 g/mol. The highest BCUT2D eigenvalue weighted by atomic mass is 19.4. The first-order valence-corrected chi connectivity index (χ1v) is 7.57. The summed E-state index contributed by atoms with van der Waals surface area (Å²) in [7, 11) is 0. The molecule has 2 unspecified atom stereocenters. The Kier molecular flexibility index (Phi) is 7.06. The lowest BCUT2D eigenvalue weighted by molar-refractivity contribution is -0.275. The Labute approximate surface area is 143 Å². The minimum atomic E-state index is -4.92. The van der Waals surface area contributed by atoms with Crippen LogP contribution in [0.4, 0.5) is 18.0 Å². The lowest BCUT2D eigenvalue weighted by Crippen LogP contribution is -2.34. The topological polar surface area (TPSA) is 88.0 Å². The third-order valence-corrected chi connectivity index (χ3v) is 2.94. The molecule has 0 bridgehead atoms. The predicted octanol–water partition coefficient (Wildman–Crippen LogP) is 2.89. The van der Waals surface area contributed by atoms with Gasteiger partial charge in [0.15, 0.2) is 0 Å². The maximum absolute atomic E-state index is 12.4. The van der Waals surface area contributed by atoms with Gasteiger partial charge >= 0.3 is 12.5 Å². The molecule has 0 radical (unpaired) electrons. The van der Waals surface area contributed by atoms with Crippen LogP contribution < -0.4 is 10.1 Å². The van der Waals surface area contributed by atoms with Crippen molar-refractivity contribution in [3.8, 4) is 5.75 Å². The number of aliphatic hydroxyl groups is 2. The third-order valence-electron chi connectivity index (χ3n) is 2.94. The molecule has 0 aliphatic rings. The van der Waals surface area contributed by atoms with Crippen molar-refractivity contribution in [1.82, 2.24) is 5.32 Å². The zero-order valence-corrected chi connectivity index (χ0v) is 14.1. The molecule has 0 saturated heterocycles. The molecule has 142 valence electrons. The van der Waals surface area contributed by atoms with E-state index in [1.807, 2.05) is 0 Å². The molecule has 25 heavy (non-hydrogen) atoms. The Morgan fingerprint density at radius 3 is 2.36 bits per heavy atom. The first-order valence-electron chi connectivity index (χ1n) is 7.57. The van der Waals surface area contributed by atoms with Crippen molar-refractivity contribution in [2.45, 2.75) is 51.4 Å². The number of amides is 1. The van der Waals surface area contributed by atoms with Crippen molar-refractivity contribution >= 4 is 6.09 Å². The van der Waals surface area contributed by atoms with E-state index in [9.17, 15) is 28.2 Å². The average molecular weight is 365 g/mol. The number of para-hydroxylation sites is 1. The van der Waals surface area contributed by atoms with Crippen molar-refractivity contribution in [3.63, 3.8) is 0 Å². The lowest BCUT2D eigenvalue weighted by Gasteiger charge is -2.22.